The van der Waals surface area contributed by atoms with Gasteiger partial charge >= 0.3 is 5.97 Å². The van der Waals surface area contributed by atoms with Crippen molar-refractivity contribution in [3.63, 3.8) is 0 Å². The minimum atomic E-state index is -0.802. The molecule has 0 radical (unpaired) electrons. The van der Waals surface area contributed by atoms with Crippen LogP contribution in [0.25, 0.3) is 11.1 Å². The normalized spacial score (nSPS) is 11.8. The topological polar surface area (TPSA) is 65.0 Å². The van der Waals surface area contributed by atoms with Crippen LogP contribution in [0.1, 0.15) is 55.7 Å². The number of ether oxygens (including phenoxy) is 3. The van der Waals surface area contributed by atoms with Gasteiger partial charge in [0.25, 0.3) is 0 Å². The zero-order chi connectivity index (χ0) is 25.2. The molecule has 0 aromatic heterocycles. The quantitative estimate of drug-likeness (QED) is 0.286. The number of methoxy groups -OCH3 is 1. The Balaban J connectivity index is 1.82. The summed E-state index contributed by atoms with van der Waals surface area (Å²) in [6.07, 6.45) is 1.81. The highest BCUT2D eigenvalue weighted by molar-refractivity contribution is 5.70. The molecule has 0 saturated heterocycles. The number of hydrogen-bond acceptors (Lipinski definition) is 4. The van der Waals surface area contributed by atoms with E-state index in [1.807, 2.05) is 49.4 Å². The van der Waals surface area contributed by atoms with E-state index in [2.05, 4.69) is 6.92 Å². The predicted octanol–water partition coefficient (Wildman–Crippen LogP) is 6.98. The summed E-state index contributed by atoms with van der Waals surface area (Å²) in [6.45, 7) is 5.18. The zero-order valence-electron chi connectivity index (χ0n) is 20.6. The van der Waals surface area contributed by atoms with Gasteiger partial charge in [-0.2, -0.15) is 0 Å². The molecule has 0 fully saturated rings. The Bertz CT molecular complexity index is 1130. The molecule has 0 aliphatic rings. The first-order valence-corrected chi connectivity index (χ1v) is 11.9. The van der Waals surface area contributed by atoms with E-state index in [0.717, 1.165) is 35.1 Å². The summed E-state index contributed by atoms with van der Waals surface area (Å²) in [5.41, 5.74) is 3.95. The third kappa shape index (κ3) is 7.30. The van der Waals surface area contributed by atoms with Gasteiger partial charge in [0, 0.05) is 12.2 Å². The maximum absolute atomic E-state index is 14.6. The van der Waals surface area contributed by atoms with Gasteiger partial charge in [0.2, 0.25) is 0 Å². The first-order valence-electron chi connectivity index (χ1n) is 11.9. The van der Waals surface area contributed by atoms with Crippen molar-refractivity contribution in [2.75, 3.05) is 13.7 Å². The second-order valence-electron chi connectivity index (χ2n) is 8.42. The lowest BCUT2D eigenvalue weighted by Crippen LogP contribution is -2.06. The monoisotopic (exact) mass is 480 g/mol. The average molecular weight is 481 g/mol. The van der Waals surface area contributed by atoms with Crippen LogP contribution in [-0.4, -0.2) is 24.8 Å². The third-order valence-electron chi connectivity index (χ3n) is 5.89. The largest absolute Gasteiger partial charge is 0.497 e. The molecule has 3 rings (SSSR count). The molecule has 3 aromatic rings. The molecule has 1 N–H and O–H groups in total. The molecule has 5 nitrogen and oxygen atoms in total. The molecule has 1 atom stereocenters. The van der Waals surface area contributed by atoms with Gasteiger partial charge in [0.15, 0.2) is 0 Å². The standard InChI is InChI=1S/C29H33FO5/c1-4-7-21(16-29(31)32)22-8-6-9-25(15-22)35-18-20-10-12-26(23(14-20)19-34-5-2)27-17-24(33-3)11-13-28(27)30/h6,8-15,17,21H,4-5,7,16,18-19H2,1-3H3,(H,31,32)/t21-/m1/s1. The zero-order valence-corrected chi connectivity index (χ0v) is 20.6. The number of hydrogen-bond donors (Lipinski definition) is 1. The van der Waals surface area contributed by atoms with Crippen molar-refractivity contribution >= 4 is 5.97 Å². The number of aliphatic carboxylic acids is 1. The van der Waals surface area contributed by atoms with Crippen LogP contribution in [0.2, 0.25) is 0 Å². The molecule has 0 unspecified atom stereocenters. The van der Waals surface area contributed by atoms with Crippen LogP contribution in [0.15, 0.2) is 60.7 Å². The highest BCUT2D eigenvalue weighted by atomic mass is 19.1. The average Bonchev–Trinajstić information content (AvgIpc) is 2.86. The molecular weight excluding hydrogens is 447 g/mol. The summed E-state index contributed by atoms with van der Waals surface area (Å²) in [4.78, 5) is 11.3. The summed E-state index contributed by atoms with van der Waals surface area (Å²) in [7, 11) is 1.56. The summed E-state index contributed by atoms with van der Waals surface area (Å²) < 4.78 is 31.6. The molecule has 35 heavy (non-hydrogen) atoms. The number of carboxylic acid groups (broad SMARTS) is 1. The predicted molar refractivity (Wildman–Crippen MR) is 134 cm³/mol. The van der Waals surface area contributed by atoms with Crippen molar-refractivity contribution < 1.29 is 28.5 Å². The van der Waals surface area contributed by atoms with Crippen LogP contribution in [0.5, 0.6) is 11.5 Å². The van der Waals surface area contributed by atoms with Crippen molar-refractivity contribution in [2.45, 2.75) is 52.2 Å². The van der Waals surface area contributed by atoms with Crippen LogP contribution < -0.4 is 9.47 Å². The van der Waals surface area contributed by atoms with Crippen molar-refractivity contribution in [3.05, 3.63) is 83.2 Å². The Kier molecular flexibility index (Phi) is 9.67. The Morgan fingerprint density at radius 1 is 0.971 bits per heavy atom. The SMILES string of the molecule is CCC[C@H](CC(=O)O)c1cccc(OCc2ccc(-c3cc(OC)ccc3F)c(COCC)c2)c1. The molecule has 0 saturated carbocycles. The molecule has 0 aliphatic heterocycles. The van der Waals surface area contributed by atoms with E-state index < -0.39 is 5.97 Å². The molecule has 3 aromatic carbocycles. The highest BCUT2D eigenvalue weighted by Crippen LogP contribution is 2.32. The fourth-order valence-electron chi connectivity index (χ4n) is 4.14. The molecular formula is C29H33FO5. The lowest BCUT2D eigenvalue weighted by atomic mass is 9.91. The van der Waals surface area contributed by atoms with Gasteiger partial charge in [0.1, 0.15) is 23.9 Å². The molecule has 0 spiro atoms. The summed E-state index contributed by atoms with van der Waals surface area (Å²) in [5, 5.41) is 9.26. The Hall–Kier alpha value is -3.38. The molecule has 6 heteroatoms. The van der Waals surface area contributed by atoms with Crippen LogP contribution in [-0.2, 0) is 22.7 Å². The first-order chi connectivity index (χ1) is 16.9. The van der Waals surface area contributed by atoms with Gasteiger partial charge in [-0.15, -0.1) is 0 Å². The lowest BCUT2D eigenvalue weighted by molar-refractivity contribution is -0.137. The summed E-state index contributed by atoms with van der Waals surface area (Å²) in [5.74, 6) is 0.0935. The van der Waals surface area contributed by atoms with Gasteiger partial charge in [0.05, 0.1) is 20.1 Å². The lowest BCUT2D eigenvalue weighted by Gasteiger charge is -2.17. The number of carboxylic acids is 1. The highest BCUT2D eigenvalue weighted by Gasteiger charge is 2.16. The van der Waals surface area contributed by atoms with Crippen LogP contribution >= 0.6 is 0 Å². The van der Waals surface area contributed by atoms with Gasteiger partial charge in [-0.05, 0) is 77.9 Å². The van der Waals surface area contributed by atoms with Crippen LogP contribution in [0.4, 0.5) is 4.39 Å². The number of rotatable bonds is 13. The van der Waals surface area contributed by atoms with Crippen LogP contribution in [0.3, 0.4) is 0 Å². The van der Waals surface area contributed by atoms with Gasteiger partial charge in [-0.25, -0.2) is 4.39 Å². The van der Waals surface area contributed by atoms with E-state index in [1.165, 1.54) is 6.07 Å². The Labute approximate surface area is 206 Å². The molecule has 0 aliphatic carbocycles. The Morgan fingerprint density at radius 2 is 1.80 bits per heavy atom. The van der Waals surface area contributed by atoms with Gasteiger partial charge in [-0.3, -0.25) is 4.79 Å². The second-order valence-corrected chi connectivity index (χ2v) is 8.42. The maximum Gasteiger partial charge on any atom is 0.303 e. The van der Waals surface area contributed by atoms with Crippen LogP contribution in [0, 0.1) is 5.82 Å². The van der Waals surface area contributed by atoms with Crippen molar-refractivity contribution in [3.8, 4) is 22.6 Å². The molecule has 0 bridgehead atoms. The first kappa shape index (κ1) is 26.2. The minimum absolute atomic E-state index is 0.0455. The fraction of sp³-hybridized carbons (Fsp3) is 0.345. The van der Waals surface area contributed by atoms with Gasteiger partial charge < -0.3 is 19.3 Å². The smallest absolute Gasteiger partial charge is 0.303 e. The van der Waals surface area contributed by atoms with E-state index >= 15 is 0 Å². The van der Waals surface area contributed by atoms with E-state index in [4.69, 9.17) is 14.2 Å². The van der Waals surface area contributed by atoms with E-state index in [1.54, 1.807) is 19.2 Å². The summed E-state index contributed by atoms with van der Waals surface area (Å²) >= 11 is 0. The molecule has 0 heterocycles. The van der Waals surface area contributed by atoms with Crippen molar-refractivity contribution in [1.82, 2.24) is 0 Å². The van der Waals surface area contributed by atoms with E-state index in [-0.39, 0.29) is 18.2 Å². The van der Waals surface area contributed by atoms with Crippen molar-refractivity contribution in [2.24, 2.45) is 0 Å². The summed E-state index contributed by atoms with van der Waals surface area (Å²) in [6, 6.07) is 18.1. The molecule has 0 amide bonds. The maximum atomic E-state index is 14.6. The molecule has 186 valence electrons. The third-order valence-corrected chi connectivity index (χ3v) is 5.89. The Morgan fingerprint density at radius 3 is 2.51 bits per heavy atom. The van der Waals surface area contributed by atoms with E-state index in [9.17, 15) is 14.3 Å². The minimum Gasteiger partial charge on any atom is -0.497 e. The van der Waals surface area contributed by atoms with Crippen molar-refractivity contribution in [1.29, 1.82) is 0 Å². The second kappa shape index (κ2) is 12.9. The fourth-order valence-corrected chi connectivity index (χ4v) is 4.14. The van der Waals surface area contributed by atoms with Gasteiger partial charge in [-0.1, -0.05) is 37.6 Å². The van der Waals surface area contributed by atoms with E-state index in [0.29, 0.717) is 36.9 Å². The number of carbonyl (C=O) groups is 1. The number of benzene rings is 3. The number of halogens is 1.